The van der Waals surface area contributed by atoms with Gasteiger partial charge in [0.2, 0.25) is 0 Å². The predicted molar refractivity (Wildman–Crippen MR) is 103 cm³/mol. The number of nitrogens with one attached hydrogen (secondary N) is 1. The molecule has 0 spiro atoms. The first kappa shape index (κ1) is 19.8. The third-order valence-electron chi connectivity index (χ3n) is 3.77. The summed E-state index contributed by atoms with van der Waals surface area (Å²) in [5.41, 5.74) is 1.74. The van der Waals surface area contributed by atoms with Crippen molar-refractivity contribution in [3.05, 3.63) is 65.2 Å². The molecule has 0 bridgehead atoms. The van der Waals surface area contributed by atoms with Crippen molar-refractivity contribution in [2.45, 2.75) is 19.8 Å². The van der Waals surface area contributed by atoms with Crippen LogP contribution in [-0.2, 0) is 16.0 Å². The van der Waals surface area contributed by atoms with Gasteiger partial charge in [-0.05, 0) is 37.1 Å². The fraction of sp³-hybridized carbons (Fsp3) is 0.300. The Morgan fingerprint density at radius 2 is 1.85 bits per heavy atom. The molecule has 0 radical (unpaired) electrons. The van der Waals surface area contributed by atoms with Crippen LogP contribution in [0, 0.1) is 0 Å². The van der Waals surface area contributed by atoms with Crippen molar-refractivity contribution < 1.29 is 14.3 Å². The van der Waals surface area contributed by atoms with Crippen molar-refractivity contribution in [2.75, 3.05) is 25.0 Å². The van der Waals surface area contributed by atoms with E-state index in [0.717, 1.165) is 5.56 Å². The number of hydrogen-bond donors (Lipinski definition) is 1. The first-order valence-electron chi connectivity index (χ1n) is 8.59. The minimum Gasteiger partial charge on any atom is -0.466 e. The third-order valence-corrected chi connectivity index (χ3v) is 4.00. The van der Waals surface area contributed by atoms with Gasteiger partial charge in [0.1, 0.15) is 0 Å². The zero-order chi connectivity index (χ0) is 18.8. The molecule has 0 saturated carbocycles. The highest BCUT2D eigenvalue weighted by atomic mass is 35.5. The van der Waals surface area contributed by atoms with E-state index >= 15 is 0 Å². The van der Waals surface area contributed by atoms with Gasteiger partial charge in [0, 0.05) is 23.8 Å². The molecule has 6 heteroatoms. The number of carbonyl (C=O) groups excluding carboxylic acids is 2. The van der Waals surface area contributed by atoms with Crippen LogP contribution in [0.15, 0.2) is 54.6 Å². The number of esters is 1. The first-order chi connectivity index (χ1) is 12.6. The third kappa shape index (κ3) is 6.76. The maximum atomic E-state index is 12.6. The quantitative estimate of drug-likeness (QED) is 0.698. The Morgan fingerprint density at radius 3 is 2.54 bits per heavy atom. The predicted octanol–water partition coefficient (Wildman–Crippen LogP) is 4.37. The molecule has 0 saturated heterocycles. The van der Waals surface area contributed by atoms with E-state index in [4.69, 9.17) is 16.3 Å². The number of anilines is 1. The summed E-state index contributed by atoms with van der Waals surface area (Å²) >= 11 is 5.96. The van der Waals surface area contributed by atoms with Gasteiger partial charge in [0.15, 0.2) is 0 Å². The molecule has 0 heterocycles. The highest BCUT2D eigenvalue weighted by molar-refractivity contribution is 6.30. The maximum absolute atomic E-state index is 12.6. The summed E-state index contributed by atoms with van der Waals surface area (Å²) in [5.74, 6) is -0.312. The molecule has 0 aliphatic rings. The van der Waals surface area contributed by atoms with Crippen LogP contribution in [0.1, 0.15) is 18.9 Å². The number of amides is 2. The number of rotatable bonds is 8. The lowest BCUT2D eigenvalue weighted by Crippen LogP contribution is -2.38. The van der Waals surface area contributed by atoms with Crippen LogP contribution >= 0.6 is 11.6 Å². The van der Waals surface area contributed by atoms with Crippen molar-refractivity contribution in [1.29, 1.82) is 0 Å². The average Bonchev–Trinajstić information content (AvgIpc) is 2.62. The molecule has 0 aliphatic heterocycles. The van der Waals surface area contributed by atoms with Gasteiger partial charge in [-0.25, -0.2) is 4.79 Å². The van der Waals surface area contributed by atoms with Gasteiger partial charge in [0.25, 0.3) is 0 Å². The summed E-state index contributed by atoms with van der Waals surface area (Å²) in [4.78, 5) is 25.9. The lowest BCUT2D eigenvalue weighted by Gasteiger charge is -2.23. The van der Waals surface area contributed by atoms with Crippen molar-refractivity contribution in [3.8, 4) is 0 Å². The topological polar surface area (TPSA) is 58.6 Å². The zero-order valence-corrected chi connectivity index (χ0v) is 15.5. The van der Waals surface area contributed by atoms with E-state index in [1.165, 1.54) is 0 Å². The fourth-order valence-electron chi connectivity index (χ4n) is 2.45. The number of halogens is 1. The second kappa shape index (κ2) is 10.5. The molecule has 0 atom stereocenters. The average molecular weight is 375 g/mol. The van der Waals surface area contributed by atoms with E-state index in [9.17, 15) is 9.59 Å². The van der Waals surface area contributed by atoms with Gasteiger partial charge < -0.3 is 15.0 Å². The van der Waals surface area contributed by atoms with E-state index in [2.05, 4.69) is 5.32 Å². The molecule has 0 aromatic heterocycles. The molecule has 5 nitrogen and oxygen atoms in total. The molecular weight excluding hydrogens is 352 g/mol. The van der Waals surface area contributed by atoms with Crippen LogP contribution in [0.2, 0.25) is 5.02 Å². The highest BCUT2D eigenvalue weighted by Gasteiger charge is 2.16. The Morgan fingerprint density at radius 1 is 1.08 bits per heavy atom. The lowest BCUT2D eigenvalue weighted by molar-refractivity contribution is -0.143. The maximum Gasteiger partial charge on any atom is 0.321 e. The minimum atomic E-state index is -0.312. The van der Waals surface area contributed by atoms with E-state index in [1.54, 1.807) is 36.1 Å². The molecule has 2 amide bonds. The molecular formula is C20H23ClN2O3. The van der Waals surface area contributed by atoms with Gasteiger partial charge in [0.05, 0.1) is 13.0 Å². The monoisotopic (exact) mass is 374 g/mol. The van der Waals surface area contributed by atoms with Gasteiger partial charge in [-0.1, -0.05) is 48.0 Å². The summed E-state index contributed by atoms with van der Waals surface area (Å²) < 4.78 is 4.95. The lowest BCUT2D eigenvalue weighted by atomic mass is 10.1. The van der Waals surface area contributed by atoms with Crippen molar-refractivity contribution in [2.24, 2.45) is 0 Å². The van der Waals surface area contributed by atoms with Crippen LogP contribution in [0.5, 0.6) is 0 Å². The number of urea groups is 1. The largest absolute Gasteiger partial charge is 0.466 e. The van der Waals surface area contributed by atoms with Gasteiger partial charge >= 0.3 is 12.0 Å². The Balaban J connectivity index is 2.00. The first-order valence-corrected chi connectivity index (χ1v) is 8.97. The van der Waals surface area contributed by atoms with Crippen molar-refractivity contribution >= 4 is 29.3 Å². The number of ether oxygens (including phenoxy) is 1. The summed E-state index contributed by atoms with van der Waals surface area (Å²) in [6, 6.07) is 16.6. The molecule has 0 aliphatic carbocycles. The molecule has 2 aromatic rings. The molecule has 26 heavy (non-hydrogen) atoms. The van der Waals surface area contributed by atoms with Gasteiger partial charge in [-0.3, -0.25) is 4.79 Å². The Kier molecular flexibility index (Phi) is 7.96. The number of hydrogen-bond acceptors (Lipinski definition) is 3. The van der Waals surface area contributed by atoms with Crippen LogP contribution in [0.25, 0.3) is 0 Å². The summed E-state index contributed by atoms with van der Waals surface area (Å²) in [6.45, 7) is 2.88. The second-order valence-electron chi connectivity index (χ2n) is 5.72. The Bertz CT molecular complexity index is 722. The molecule has 1 N–H and O–H groups in total. The number of carbonyl (C=O) groups is 2. The SMILES string of the molecule is CCOC(=O)CCN(CCc1ccccc1)C(=O)Nc1cccc(Cl)c1. The molecule has 2 rings (SSSR count). The standard InChI is InChI=1S/C20H23ClN2O3/c1-2-26-19(24)12-14-23(13-11-16-7-4-3-5-8-16)20(25)22-18-10-6-9-17(21)15-18/h3-10,15H,2,11-14H2,1H3,(H,22,25). The van der Waals surface area contributed by atoms with Crippen molar-refractivity contribution in [3.63, 3.8) is 0 Å². The fourth-order valence-corrected chi connectivity index (χ4v) is 2.64. The summed E-state index contributed by atoms with van der Waals surface area (Å²) in [6.07, 6.45) is 0.859. The van der Waals surface area contributed by atoms with Gasteiger partial charge in [-0.15, -0.1) is 0 Å². The summed E-state index contributed by atoms with van der Waals surface area (Å²) in [5, 5.41) is 3.37. The Labute approximate surface area is 158 Å². The molecule has 138 valence electrons. The molecule has 0 unspecified atom stereocenters. The van der Waals surface area contributed by atoms with E-state index in [0.29, 0.717) is 30.3 Å². The molecule has 2 aromatic carbocycles. The van der Waals surface area contributed by atoms with E-state index < -0.39 is 0 Å². The summed E-state index contributed by atoms with van der Waals surface area (Å²) in [7, 11) is 0. The molecule has 0 fully saturated rings. The normalized spacial score (nSPS) is 10.2. The second-order valence-corrected chi connectivity index (χ2v) is 6.15. The van der Waals surface area contributed by atoms with E-state index in [1.807, 2.05) is 30.3 Å². The van der Waals surface area contributed by atoms with Crippen LogP contribution in [0.4, 0.5) is 10.5 Å². The zero-order valence-electron chi connectivity index (χ0n) is 14.8. The Hall–Kier alpha value is -2.53. The van der Waals surface area contributed by atoms with Crippen molar-refractivity contribution in [1.82, 2.24) is 4.90 Å². The van der Waals surface area contributed by atoms with Gasteiger partial charge in [-0.2, -0.15) is 0 Å². The number of benzene rings is 2. The van der Waals surface area contributed by atoms with E-state index in [-0.39, 0.29) is 25.0 Å². The van der Waals surface area contributed by atoms with Crippen LogP contribution in [-0.4, -0.2) is 36.6 Å². The smallest absolute Gasteiger partial charge is 0.321 e. The number of nitrogens with zero attached hydrogens (tertiary/aromatic N) is 1. The highest BCUT2D eigenvalue weighted by Crippen LogP contribution is 2.15. The minimum absolute atomic E-state index is 0.158. The van der Waals surface area contributed by atoms with Crippen LogP contribution in [0.3, 0.4) is 0 Å². The van der Waals surface area contributed by atoms with Crippen LogP contribution < -0.4 is 5.32 Å².